The second kappa shape index (κ2) is 4.39. The van der Waals surface area contributed by atoms with E-state index in [0.717, 1.165) is 22.2 Å². The molecule has 0 amide bonds. The number of imidazole rings is 1. The summed E-state index contributed by atoms with van der Waals surface area (Å²) in [5.74, 6) is 0. The Hall–Kier alpha value is -2.80. The average molecular weight is 263 g/mol. The highest BCUT2D eigenvalue weighted by molar-refractivity contribution is 5.84. The van der Waals surface area contributed by atoms with E-state index < -0.39 is 0 Å². The summed E-state index contributed by atoms with van der Waals surface area (Å²) in [6.07, 6.45) is 0. The van der Waals surface area contributed by atoms with Crippen molar-refractivity contribution >= 4 is 11.0 Å². The van der Waals surface area contributed by atoms with Gasteiger partial charge in [-0.15, -0.1) is 0 Å². The number of aromatic nitrogens is 2. The van der Waals surface area contributed by atoms with Gasteiger partial charge in [0.05, 0.1) is 22.7 Å². The molecule has 0 saturated heterocycles. The Balaban J connectivity index is 2.32. The van der Waals surface area contributed by atoms with Crippen LogP contribution < -0.4 is 5.69 Å². The number of rotatable bonds is 1. The van der Waals surface area contributed by atoms with E-state index in [-0.39, 0.29) is 5.69 Å². The van der Waals surface area contributed by atoms with E-state index in [0.29, 0.717) is 5.56 Å². The molecule has 3 aromatic rings. The highest BCUT2D eigenvalue weighted by Gasteiger charge is 2.10. The van der Waals surface area contributed by atoms with Gasteiger partial charge in [-0.25, -0.2) is 4.79 Å². The molecule has 0 aliphatic carbocycles. The van der Waals surface area contributed by atoms with Crippen molar-refractivity contribution in [1.82, 2.24) is 9.13 Å². The molecule has 0 radical (unpaired) electrons. The summed E-state index contributed by atoms with van der Waals surface area (Å²) < 4.78 is 3.24. The minimum Gasteiger partial charge on any atom is -0.295 e. The number of aryl methyl sites for hydroxylation is 2. The van der Waals surface area contributed by atoms with E-state index in [1.54, 1.807) is 29.3 Å². The molecule has 0 fully saturated rings. The third kappa shape index (κ3) is 1.64. The van der Waals surface area contributed by atoms with Crippen LogP contribution in [0.1, 0.15) is 5.56 Å². The third-order valence-electron chi connectivity index (χ3n) is 3.63. The minimum atomic E-state index is -0.0503. The van der Waals surface area contributed by atoms with E-state index >= 15 is 0 Å². The Bertz CT molecular complexity index is 910. The molecule has 20 heavy (non-hydrogen) atoms. The molecule has 0 aliphatic rings. The van der Waals surface area contributed by atoms with Gasteiger partial charge < -0.3 is 0 Å². The van der Waals surface area contributed by atoms with E-state index in [4.69, 9.17) is 0 Å². The first-order chi connectivity index (χ1) is 9.63. The Morgan fingerprint density at radius 1 is 1.00 bits per heavy atom. The number of hydrogen-bond donors (Lipinski definition) is 0. The summed E-state index contributed by atoms with van der Waals surface area (Å²) in [5.41, 5.74) is 4.15. The lowest BCUT2D eigenvalue weighted by Gasteiger charge is -2.05. The van der Waals surface area contributed by atoms with Gasteiger partial charge in [-0.05, 0) is 29.3 Å². The number of nitrogens with zero attached hydrogens (tertiary/aromatic N) is 3. The van der Waals surface area contributed by atoms with Crippen LogP contribution in [-0.4, -0.2) is 9.13 Å². The van der Waals surface area contributed by atoms with Crippen molar-refractivity contribution in [2.45, 2.75) is 0 Å². The Morgan fingerprint density at radius 2 is 1.70 bits per heavy atom. The Labute approximate surface area is 116 Å². The molecule has 4 nitrogen and oxygen atoms in total. The first-order valence-corrected chi connectivity index (χ1v) is 6.28. The molecule has 0 saturated carbocycles. The molecule has 4 heteroatoms. The third-order valence-corrected chi connectivity index (χ3v) is 3.63. The first kappa shape index (κ1) is 12.2. The molecule has 3 rings (SSSR count). The fourth-order valence-electron chi connectivity index (χ4n) is 2.51. The summed E-state index contributed by atoms with van der Waals surface area (Å²) >= 11 is 0. The predicted octanol–water partition coefficient (Wildman–Crippen LogP) is 2.42. The van der Waals surface area contributed by atoms with Crippen molar-refractivity contribution in [3.05, 3.63) is 58.5 Å². The summed E-state index contributed by atoms with van der Waals surface area (Å²) in [6.45, 7) is 0. The summed E-state index contributed by atoms with van der Waals surface area (Å²) in [6, 6.07) is 15.5. The van der Waals surface area contributed by atoms with Crippen LogP contribution in [0.15, 0.2) is 47.3 Å². The smallest absolute Gasteiger partial charge is 0.295 e. The molecular weight excluding hydrogens is 250 g/mol. The van der Waals surface area contributed by atoms with Crippen LogP contribution in [-0.2, 0) is 14.1 Å². The van der Waals surface area contributed by atoms with Gasteiger partial charge in [-0.3, -0.25) is 9.13 Å². The topological polar surface area (TPSA) is 50.7 Å². The summed E-state index contributed by atoms with van der Waals surface area (Å²) in [4.78, 5) is 11.9. The standard InChI is InChI=1S/C16H13N3O/c1-18-14-8-7-11(9-15(14)19(2)16(18)20)13-6-4-3-5-12(13)10-17/h3-9H,1-2H3. The molecule has 0 aliphatic heterocycles. The van der Waals surface area contributed by atoms with Crippen LogP contribution in [0.4, 0.5) is 0 Å². The van der Waals surface area contributed by atoms with Crippen LogP contribution in [0.25, 0.3) is 22.2 Å². The molecule has 1 aromatic heterocycles. The molecular formula is C16H13N3O. The number of hydrogen-bond acceptors (Lipinski definition) is 2. The SMILES string of the molecule is Cn1c(=O)n(C)c2cc(-c3ccccc3C#N)ccc21. The highest BCUT2D eigenvalue weighted by Crippen LogP contribution is 2.26. The Kier molecular flexibility index (Phi) is 2.69. The van der Waals surface area contributed by atoms with Crippen LogP contribution in [0.2, 0.25) is 0 Å². The van der Waals surface area contributed by atoms with Gasteiger partial charge in [0.25, 0.3) is 0 Å². The fourth-order valence-corrected chi connectivity index (χ4v) is 2.51. The maximum Gasteiger partial charge on any atom is 0.328 e. The van der Waals surface area contributed by atoms with Gasteiger partial charge in [0, 0.05) is 14.1 Å². The van der Waals surface area contributed by atoms with E-state index in [1.807, 2.05) is 36.4 Å². The zero-order chi connectivity index (χ0) is 14.3. The van der Waals surface area contributed by atoms with Gasteiger partial charge in [0.2, 0.25) is 0 Å². The van der Waals surface area contributed by atoms with Crippen molar-refractivity contribution in [1.29, 1.82) is 5.26 Å². The lowest BCUT2D eigenvalue weighted by atomic mass is 10.00. The van der Waals surface area contributed by atoms with Crippen molar-refractivity contribution in [2.75, 3.05) is 0 Å². The Morgan fingerprint density at radius 3 is 2.45 bits per heavy atom. The van der Waals surface area contributed by atoms with Crippen molar-refractivity contribution in [2.24, 2.45) is 14.1 Å². The normalized spacial score (nSPS) is 10.7. The molecule has 0 atom stereocenters. The largest absolute Gasteiger partial charge is 0.328 e. The molecule has 0 N–H and O–H groups in total. The van der Waals surface area contributed by atoms with Gasteiger partial charge in [-0.1, -0.05) is 24.3 Å². The van der Waals surface area contributed by atoms with E-state index in [2.05, 4.69) is 6.07 Å². The lowest BCUT2D eigenvalue weighted by Crippen LogP contribution is -2.19. The number of benzene rings is 2. The second-order valence-electron chi connectivity index (χ2n) is 4.76. The average Bonchev–Trinajstić information content (AvgIpc) is 2.71. The van der Waals surface area contributed by atoms with Gasteiger partial charge in [0.15, 0.2) is 0 Å². The molecule has 0 spiro atoms. The van der Waals surface area contributed by atoms with Crippen LogP contribution in [0, 0.1) is 11.3 Å². The van der Waals surface area contributed by atoms with E-state index in [9.17, 15) is 10.1 Å². The fraction of sp³-hybridized carbons (Fsp3) is 0.125. The molecule has 98 valence electrons. The number of nitriles is 1. The monoisotopic (exact) mass is 263 g/mol. The van der Waals surface area contributed by atoms with Crippen LogP contribution in [0.5, 0.6) is 0 Å². The summed E-state index contributed by atoms with van der Waals surface area (Å²) in [7, 11) is 3.51. The highest BCUT2D eigenvalue weighted by atomic mass is 16.1. The van der Waals surface area contributed by atoms with Gasteiger partial charge in [-0.2, -0.15) is 5.26 Å². The zero-order valence-corrected chi connectivity index (χ0v) is 11.3. The zero-order valence-electron chi connectivity index (χ0n) is 11.3. The van der Waals surface area contributed by atoms with Crippen LogP contribution in [0.3, 0.4) is 0 Å². The second-order valence-corrected chi connectivity index (χ2v) is 4.76. The van der Waals surface area contributed by atoms with E-state index in [1.165, 1.54) is 0 Å². The molecule has 2 aromatic carbocycles. The van der Waals surface area contributed by atoms with Gasteiger partial charge in [0.1, 0.15) is 0 Å². The maximum atomic E-state index is 11.9. The van der Waals surface area contributed by atoms with Crippen LogP contribution >= 0.6 is 0 Å². The van der Waals surface area contributed by atoms with Crippen molar-refractivity contribution in [3.63, 3.8) is 0 Å². The van der Waals surface area contributed by atoms with Gasteiger partial charge >= 0.3 is 5.69 Å². The van der Waals surface area contributed by atoms with Crippen molar-refractivity contribution in [3.8, 4) is 17.2 Å². The molecule has 0 bridgehead atoms. The quantitative estimate of drug-likeness (QED) is 0.677. The maximum absolute atomic E-state index is 11.9. The number of fused-ring (bicyclic) bond motifs is 1. The summed E-state index contributed by atoms with van der Waals surface area (Å²) in [5, 5.41) is 9.19. The minimum absolute atomic E-state index is 0.0503. The first-order valence-electron chi connectivity index (χ1n) is 6.28. The van der Waals surface area contributed by atoms with Crippen molar-refractivity contribution < 1.29 is 0 Å². The molecule has 1 heterocycles. The lowest BCUT2D eigenvalue weighted by molar-refractivity contribution is 0.795. The molecule has 0 unspecified atom stereocenters. The predicted molar refractivity (Wildman–Crippen MR) is 78.3 cm³/mol.